The molecule has 5 heteroatoms. The second kappa shape index (κ2) is 8.88. The van der Waals surface area contributed by atoms with E-state index in [1.807, 2.05) is 25.1 Å². The Labute approximate surface area is 149 Å². The van der Waals surface area contributed by atoms with E-state index in [0.29, 0.717) is 5.88 Å². The fourth-order valence-corrected chi connectivity index (χ4v) is 2.88. The van der Waals surface area contributed by atoms with Crippen molar-refractivity contribution in [3.05, 3.63) is 34.5 Å². The van der Waals surface area contributed by atoms with Gasteiger partial charge >= 0.3 is 0 Å². The summed E-state index contributed by atoms with van der Waals surface area (Å²) < 4.78 is 5.47. The van der Waals surface area contributed by atoms with Gasteiger partial charge in [-0.1, -0.05) is 44.4 Å². The summed E-state index contributed by atoms with van der Waals surface area (Å²) in [5.74, 6) is 1.26. The summed E-state index contributed by atoms with van der Waals surface area (Å²) in [4.78, 5) is 9.50. The van der Waals surface area contributed by atoms with Gasteiger partial charge in [-0.3, -0.25) is 0 Å². The summed E-state index contributed by atoms with van der Waals surface area (Å²) in [5, 5.41) is 4.08. The summed E-state index contributed by atoms with van der Waals surface area (Å²) in [6.45, 7) is 7.19. The standard InChI is InChI=1S/C19H26ClN3O/c1-5-7-8-11-21-18-19(24-4)23-17(16(6-2)22-18)15-10-9-14(20)12-13(15)3/h9-10,12H,5-8,11H2,1-4H3,(H,21,22). The van der Waals surface area contributed by atoms with E-state index in [1.165, 1.54) is 12.8 Å². The van der Waals surface area contributed by atoms with Gasteiger partial charge in [-0.25, -0.2) is 9.97 Å². The predicted molar refractivity (Wildman–Crippen MR) is 101 cm³/mol. The van der Waals surface area contributed by atoms with E-state index in [1.54, 1.807) is 7.11 Å². The van der Waals surface area contributed by atoms with E-state index in [4.69, 9.17) is 26.3 Å². The van der Waals surface area contributed by atoms with Crippen LogP contribution in [-0.4, -0.2) is 23.6 Å². The summed E-state index contributed by atoms with van der Waals surface area (Å²) in [7, 11) is 1.63. The number of methoxy groups -OCH3 is 1. The quantitative estimate of drug-likeness (QED) is 0.660. The first-order chi connectivity index (χ1) is 11.6. The molecule has 1 heterocycles. The average molecular weight is 348 g/mol. The molecule has 130 valence electrons. The van der Waals surface area contributed by atoms with E-state index >= 15 is 0 Å². The highest BCUT2D eigenvalue weighted by molar-refractivity contribution is 6.30. The van der Waals surface area contributed by atoms with E-state index < -0.39 is 0 Å². The number of nitrogens with one attached hydrogen (secondary N) is 1. The molecular formula is C19H26ClN3O. The van der Waals surface area contributed by atoms with Crippen molar-refractivity contribution in [2.24, 2.45) is 0 Å². The van der Waals surface area contributed by atoms with Gasteiger partial charge in [-0.2, -0.15) is 0 Å². The lowest BCUT2D eigenvalue weighted by Crippen LogP contribution is -2.09. The zero-order valence-electron chi connectivity index (χ0n) is 14.9. The van der Waals surface area contributed by atoms with Crippen LogP contribution in [0.1, 0.15) is 44.4 Å². The largest absolute Gasteiger partial charge is 0.478 e. The Morgan fingerprint density at radius 1 is 1.17 bits per heavy atom. The Morgan fingerprint density at radius 3 is 2.58 bits per heavy atom. The summed E-state index contributed by atoms with van der Waals surface area (Å²) in [6, 6.07) is 5.82. The van der Waals surface area contributed by atoms with Gasteiger partial charge in [0.1, 0.15) is 0 Å². The number of hydrogen-bond donors (Lipinski definition) is 1. The van der Waals surface area contributed by atoms with Crippen molar-refractivity contribution in [1.82, 2.24) is 9.97 Å². The van der Waals surface area contributed by atoms with Crippen molar-refractivity contribution in [1.29, 1.82) is 0 Å². The molecular weight excluding hydrogens is 322 g/mol. The highest BCUT2D eigenvalue weighted by Gasteiger charge is 2.16. The lowest BCUT2D eigenvalue weighted by atomic mass is 10.0. The first-order valence-electron chi connectivity index (χ1n) is 8.56. The molecule has 0 radical (unpaired) electrons. The second-order valence-corrected chi connectivity index (χ2v) is 6.26. The number of anilines is 1. The molecule has 0 saturated carbocycles. The van der Waals surface area contributed by atoms with Gasteiger partial charge in [0.05, 0.1) is 18.5 Å². The first kappa shape index (κ1) is 18.5. The maximum atomic E-state index is 6.07. The monoisotopic (exact) mass is 347 g/mol. The van der Waals surface area contributed by atoms with E-state index in [-0.39, 0.29) is 0 Å². The van der Waals surface area contributed by atoms with Crippen LogP contribution in [0.25, 0.3) is 11.3 Å². The minimum Gasteiger partial charge on any atom is -0.478 e. The molecule has 0 aliphatic rings. The van der Waals surface area contributed by atoms with Gasteiger partial charge in [0, 0.05) is 17.1 Å². The summed E-state index contributed by atoms with van der Waals surface area (Å²) in [6.07, 6.45) is 4.31. The Hall–Kier alpha value is -1.81. The number of aromatic nitrogens is 2. The van der Waals surface area contributed by atoms with Crippen LogP contribution in [0.3, 0.4) is 0 Å². The highest BCUT2D eigenvalue weighted by Crippen LogP contribution is 2.31. The number of benzene rings is 1. The number of aryl methyl sites for hydroxylation is 2. The van der Waals surface area contributed by atoms with Crippen LogP contribution in [0.4, 0.5) is 5.82 Å². The van der Waals surface area contributed by atoms with Gasteiger partial charge < -0.3 is 10.1 Å². The SMILES string of the molecule is CCCCCNc1nc(CC)c(-c2ccc(Cl)cc2C)nc1OC. The minimum atomic E-state index is 0.535. The van der Waals surface area contributed by atoms with Crippen molar-refractivity contribution < 1.29 is 4.74 Å². The van der Waals surface area contributed by atoms with Crippen molar-refractivity contribution in [2.45, 2.75) is 46.5 Å². The number of hydrogen-bond acceptors (Lipinski definition) is 4. The highest BCUT2D eigenvalue weighted by atomic mass is 35.5. The van der Waals surface area contributed by atoms with E-state index in [0.717, 1.165) is 52.7 Å². The van der Waals surface area contributed by atoms with E-state index in [2.05, 4.69) is 19.2 Å². The Balaban J connectivity index is 2.38. The molecule has 1 aromatic heterocycles. The van der Waals surface area contributed by atoms with Crippen LogP contribution in [0, 0.1) is 6.92 Å². The molecule has 4 nitrogen and oxygen atoms in total. The number of nitrogens with zero attached hydrogens (tertiary/aromatic N) is 2. The molecule has 1 aromatic carbocycles. The molecule has 0 atom stereocenters. The molecule has 1 N–H and O–H groups in total. The third-order valence-corrected chi connectivity index (χ3v) is 4.22. The number of unbranched alkanes of at least 4 members (excludes halogenated alkanes) is 2. The Morgan fingerprint density at radius 2 is 1.96 bits per heavy atom. The van der Waals surface area contributed by atoms with Crippen LogP contribution < -0.4 is 10.1 Å². The molecule has 0 fully saturated rings. The Bertz CT molecular complexity index is 689. The van der Waals surface area contributed by atoms with Crippen LogP contribution in [0.5, 0.6) is 5.88 Å². The number of ether oxygens (including phenoxy) is 1. The molecule has 0 aliphatic heterocycles. The van der Waals surface area contributed by atoms with Crippen molar-refractivity contribution in [2.75, 3.05) is 19.0 Å². The smallest absolute Gasteiger partial charge is 0.257 e. The third kappa shape index (κ3) is 4.38. The van der Waals surface area contributed by atoms with Gasteiger partial charge in [0.2, 0.25) is 0 Å². The molecule has 24 heavy (non-hydrogen) atoms. The predicted octanol–water partition coefficient (Wildman–Crippen LogP) is 5.28. The molecule has 0 aliphatic carbocycles. The van der Waals surface area contributed by atoms with Crippen LogP contribution in [0.2, 0.25) is 5.02 Å². The molecule has 0 bridgehead atoms. The van der Waals surface area contributed by atoms with Crippen LogP contribution in [0.15, 0.2) is 18.2 Å². The summed E-state index contributed by atoms with van der Waals surface area (Å²) in [5.41, 5.74) is 3.94. The molecule has 2 aromatic rings. The normalized spacial score (nSPS) is 10.7. The molecule has 0 spiro atoms. The van der Waals surface area contributed by atoms with Crippen LogP contribution >= 0.6 is 11.6 Å². The molecule has 0 unspecified atom stereocenters. The molecule has 0 amide bonds. The van der Waals surface area contributed by atoms with Crippen molar-refractivity contribution in [3.63, 3.8) is 0 Å². The number of halogens is 1. The topological polar surface area (TPSA) is 47.0 Å². The minimum absolute atomic E-state index is 0.535. The van der Waals surface area contributed by atoms with Gasteiger partial charge in [0.15, 0.2) is 5.82 Å². The van der Waals surface area contributed by atoms with Crippen LogP contribution in [-0.2, 0) is 6.42 Å². The summed E-state index contributed by atoms with van der Waals surface area (Å²) >= 11 is 6.07. The number of rotatable bonds is 8. The fourth-order valence-electron chi connectivity index (χ4n) is 2.65. The Kier molecular flexibility index (Phi) is 6.85. The average Bonchev–Trinajstić information content (AvgIpc) is 2.58. The lowest BCUT2D eigenvalue weighted by molar-refractivity contribution is 0.398. The first-order valence-corrected chi connectivity index (χ1v) is 8.93. The lowest BCUT2D eigenvalue weighted by Gasteiger charge is -2.15. The van der Waals surface area contributed by atoms with Crippen molar-refractivity contribution in [3.8, 4) is 17.1 Å². The van der Waals surface area contributed by atoms with Gasteiger partial charge in [0.25, 0.3) is 5.88 Å². The second-order valence-electron chi connectivity index (χ2n) is 5.82. The van der Waals surface area contributed by atoms with Gasteiger partial charge in [-0.05, 0) is 37.5 Å². The van der Waals surface area contributed by atoms with Crippen molar-refractivity contribution >= 4 is 17.4 Å². The maximum Gasteiger partial charge on any atom is 0.257 e. The fraction of sp³-hybridized carbons (Fsp3) is 0.474. The maximum absolute atomic E-state index is 6.07. The third-order valence-electron chi connectivity index (χ3n) is 3.98. The molecule has 0 saturated heterocycles. The van der Waals surface area contributed by atoms with Gasteiger partial charge in [-0.15, -0.1) is 0 Å². The zero-order chi connectivity index (χ0) is 17.5. The zero-order valence-corrected chi connectivity index (χ0v) is 15.7. The van der Waals surface area contributed by atoms with E-state index in [9.17, 15) is 0 Å². The molecule has 2 rings (SSSR count).